The first kappa shape index (κ1) is 16.6. The summed E-state index contributed by atoms with van der Waals surface area (Å²) in [6.07, 6.45) is -3.64. The molecule has 118 valence electrons. The molecule has 0 aliphatic heterocycles. The number of Topliss-reactive ketones (excluding diaryl/α,β-unsaturated/α-hetero) is 1. The third-order valence-corrected chi connectivity index (χ3v) is 3.36. The number of carbonyl (C=O) groups is 1. The number of alkyl halides is 4. The Morgan fingerprint density at radius 2 is 1.82 bits per heavy atom. The molecule has 0 amide bonds. The lowest BCUT2D eigenvalue weighted by Crippen LogP contribution is -2.10. The first-order chi connectivity index (χ1) is 10.2. The number of nitrogens with two attached hydrogens (primary N) is 1. The van der Waals surface area contributed by atoms with E-state index in [4.69, 9.17) is 28.9 Å². The summed E-state index contributed by atoms with van der Waals surface area (Å²) >= 11 is 11.6. The second-order valence-corrected chi connectivity index (χ2v) is 5.01. The van der Waals surface area contributed by atoms with Gasteiger partial charge >= 0.3 is 6.18 Å². The van der Waals surface area contributed by atoms with Crippen LogP contribution in [0.5, 0.6) is 0 Å². The number of ketones is 1. The molecule has 1 heterocycles. The van der Waals surface area contributed by atoms with Gasteiger partial charge in [-0.2, -0.15) is 18.3 Å². The Morgan fingerprint density at radius 3 is 2.27 bits per heavy atom. The Bertz CT molecular complexity index is 719. The van der Waals surface area contributed by atoms with Crippen molar-refractivity contribution in [3.8, 4) is 5.69 Å². The summed E-state index contributed by atoms with van der Waals surface area (Å²) in [4.78, 5) is 11.3. The number of rotatable bonds is 3. The Morgan fingerprint density at radius 1 is 1.27 bits per heavy atom. The van der Waals surface area contributed by atoms with E-state index in [0.29, 0.717) is 12.1 Å². The summed E-state index contributed by atoms with van der Waals surface area (Å²) in [5.41, 5.74) is 4.26. The van der Waals surface area contributed by atoms with Gasteiger partial charge < -0.3 is 5.73 Å². The Balaban J connectivity index is 2.60. The predicted octanol–water partition coefficient (Wildman–Crippen LogP) is 3.93. The van der Waals surface area contributed by atoms with Crippen molar-refractivity contribution in [2.45, 2.75) is 6.18 Å². The highest BCUT2D eigenvalue weighted by molar-refractivity contribution is 6.38. The van der Waals surface area contributed by atoms with Gasteiger partial charge in [0.15, 0.2) is 12.5 Å². The normalized spacial score (nSPS) is 11.7. The smallest absolute Gasteiger partial charge is 0.383 e. The molecule has 2 aromatic rings. The summed E-state index contributed by atoms with van der Waals surface area (Å²) < 4.78 is 51.3. The Kier molecular flexibility index (Phi) is 4.35. The van der Waals surface area contributed by atoms with Gasteiger partial charge in [0, 0.05) is 0 Å². The monoisotopic (exact) mass is 355 g/mol. The molecule has 1 aromatic carbocycles. The lowest BCUT2D eigenvalue weighted by atomic mass is 10.2. The van der Waals surface area contributed by atoms with E-state index in [1.54, 1.807) is 0 Å². The third-order valence-electron chi connectivity index (χ3n) is 2.78. The van der Waals surface area contributed by atoms with E-state index in [9.17, 15) is 22.4 Å². The minimum absolute atomic E-state index is 0.133. The average Bonchev–Trinajstić information content (AvgIpc) is 2.78. The van der Waals surface area contributed by atoms with Crippen molar-refractivity contribution in [1.29, 1.82) is 0 Å². The molecule has 0 radical (unpaired) electrons. The van der Waals surface area contributed by atoms with E-state index in [-0.39, 0.29) is 27.1 Å². The molecule has 22 heavy (non-hydrogen) atoms. The quantitative estimate of drug-likeness (QED) is 0.670. The van der Waals surface area contributed by atoms with E-state index >= 15 is 0 Å². The van der Waals surface area contributed by atoms with Crippen LogP contribution in [0, 0.1) is 0 Å². The van der Waals surface area contributed by atoms with Crippen molar-refractivity contribution in [2.75, 3.05) is 12.4 Å². The van der Waals surface area contributed by atoms with E-state index in [1.165, 1.54) is 0 Å². The van der Waals surface area contributed by atoms with Gasteiger partial charge in [-0.25, -0.2) is 9.07 Å². The molecule has 0 bridgehead atoms. The zero-order chi connectivity index (χ0) is 16.7. The first-order valence-electron chi connectivity index (χ1n) is 5.66. The molecule has 0 atom stereocenters. The number of nitrogens with zero attached hydrogens (tertiary/aromatic N) is 2. The van der Waals surface area contributed by atoms with Gasteiger partial charge in [0.05, 0.1) is 27.4 Å². The lowest BCUT2D eigenvalue weighted by Gasteiger charge is -2.13. The van der Waals surface area contributed by atoms with Gasteiger partial charge in [0.2, 0.25) is 0 Å². The van der Waals surface area contributed by atoms with Gasteiger partial charge in [0.25, 0.3) is 0 Å². The molecule has 10 heteroatoms. The molecular formula is C12H7Cl2F4N3O. The van der Waals surface area contributed by atoms with Crippen LogP contribution in [0.25, 0.3) is 5.69 Å². The molecule has 0 spiro atoms. The van der Waals surface area contributed by atoms with Crippen LogP contribution in [-0.2, 0) is 6.18 Å². The number of nitrogen functional groups attached to an aromatic ring is 1. The lowest BCUT2D eigenvalue weighted by molar-refractivity contribution is -0.137. The van der Waals surface area contributed by atoms with Crippen molar-refractivity contribution >= 4 is 34.8 Å². The second-order valence-electron chi connectivity index (χ2n) is 4.20. The number of carbonyl (C=O) groups excluding carboxylic acids is 1. The predicted molar refractivity (Wildman–Crippen MR) is 73.3 cm³/mol. The minimum Gasteiger partial charge on any atom is -0.383 e. The number of hydrogen-bond donors (Lipinski definition) is 1. The van der Waals surface area contributed by atoms with Crippen LogP contribution in [0.1, 0.15) is 15.9 Å². The van der Waals surface area contributed by atoms with Crippen LogP contribution in [0.2, 0.25) is 10.0 Å². The summed E-state index contributed by atoms with van der Waals surface area (Å²) in [7, 11) is 0. The van der Waals surface area contributed by atoms with Crippen LogP contribution in [0.4, 0.5) is 23.4 Å². The SMILES string of the molecule is Nc1c(C(=O)CF)cnn1-c1c(Cl)cc(C(F)(F)F)cc1Cl. The van der Waals surface area contributed by atoms with Gasteiger partial charge in [-0.05, 0) is 12.1 Å². The highest BCUT2D eigenvalue weighted by Crippen LogP contribution is 2.38. The summed E-state index contributed by atoms with van der Waals surface area (Å²) in [5, 5.41) is 2.99. The molecule has 0 unspecified atom stereocenters. The second kappa shape index (κ2) is 5.77. The minimum atomic E-state index is -4.63. The summed E-state index contributed by atoms with van der Waals surface area (Å²) in [5.74, 6) is -1.19. The number of hydrogen-bond acceptors (Lipinski definition) is 3. The van der Waals surface area contributed by atoms with Gasteiger partial charge in [-0.1, -0.05) is 23.2 Å². The van der Waals surface area contributed by atoms with Gasteiger partial charge in [-0.15, -0.1) is 0 Å². The molecule has 0 saturated carbocycles. The highest BCUT2D eigenvalue weighted by Gasteiger charge is 2.32. The molecule has 2 N–H and O–H groups in total. The van der Waals surface area contributed by atoms with Crippen molar-refractivity contribution in [2.24, 2.45) is 0 Å². The Hall–Kier alpha value is -1.80. The third kappa shape index (κ3) is 2.89. The molecule has 0 aliphatic carbocycles. The number of benzene rings is 1. The fourth-order valence-electron chi connectivity index (χ4n) is 1.75. The fraction of sp³-hybridized carbons (Fsp3) is 0.167. The zero-order valence-corrected chi connectivity index (χ0v) is 12.1. The molecule has 1 aromatic heterocycles. The van der Waals surface area contributed by atoms with Crippen LogP contribution in [0.15, 0.2) is 18.3 Å². The van der Waals surface area contributed by atoms with Crippen molar-refractivity contribution < 1.29 is 22.4 Å². The zero-order valence-electron chi connectivity index (χ0n) is 10.6. The summed E-state index contributed by atoms with van der Waals surface area (Å²) in [6.45, 7) is -1.29. The van der Waals surface area contributed by atoms with Crippen LogP contribution in [0.3, 0.4) is 0 Å². The Labute approximate surface area is 131 Å². The standard InChI is InChI=1S/C12H7Cl2F4N3O/c13-7-1-5(12(16,17)18)2-8(14)10(7)21-11(19)6(4-20-21)9(22)3-15/h1-2,4H,3,19H2. The summed E-state index contributed by atoms with van der Waals surface area (Å²) in [6, 6.07) is 1.31. The topological polar surface area (TPSA) is 60.9 Å². The van der Waals surface area contributed by atoms with E-state index in [1.807, 2.05) is 0 Å². The number of aromatic nitrogens is 2. The van der Waals surface area contributed by atoms with Gasteiger partial charge in [0.1, 0.15) is 11.5 Å². The molecule has 0 saturated heterocycles. The molecule has 0 aliphatic rings. The molecule has 2 rings (SSSR count). The van der Waals surface area contributed by atoms with Crippen molar-refractivity contribution in [3.63, 3.8) is 0 Å². The van der Waals surface area contributed by atoms with Crippen LogP contribution < -0.4 is 5.73 Å². The van der Waals surface area contributed by atoms with Gasteiger partial charge in [-0.3, -0.25) is 4.79 Å². The van der Waals surface area contributed by atoms with Crippen molar-refractivity contribution in [1.82, 2.24) is 9.78 Å². The number of anilines is 1. The largest absolute Gasteiger partial charge is 0.416 e. The highest BCUT2D eigenvalue weighted by atomic mass is 35.5. The van der Waals surface area contributed by atoms with E-state index < -0.39 is 24.2 Å². The van der Waals surface area contributed by atoms with Crippen LogP contribution in [-0.4, -0.2) is 22.2 Å². The maximum atomic E-state index is 12.7. The maximum absolute atomic E-state index is 12.7. The number of halogens is 6. The van der Waals surface area contributed by atoms with E-state index in [2.05, 4.69) is 5.10 Å². The molecular weight excluding hydrogens is 349 g/mol. The molecule has 4 nitrogen and oxygen atoms in total. The average molecular weight is 356 g/mol. The van der Waals surface area contributed by atoms with Crippen molar-refractivity contribution in [3.05, 3.63) is 39.5 Å². The van der Waals surface area contributed by atoms with Crippen LogP contribution >= 0.6 is 23.2 Å². The molecule has 0 fully saturated rings. The first-order valence-corrected chi connectivity index (χ1v) is 6.41. The maximum Gasteiger partial charge on any atom is 0.416 e. The van der Waals surface area contributed by atoms with E-state index in [0.717, 1.165) is 10.9 Å². The fourth-order valence-corrected chi connectivity index (χ4v) is 2.40.